The van der Waals surface area contributed by atoms with Crippen LogP contribution in [0.1, 0.15) is 12.5 Å². The number of carbonyl (C=O) groups is 2. The summed E-state index contributed by atoms with van der Waals surface area (Å²) >= 11 is 0. The quantitative estimate of drug-likeness (QED) is 0.681. The van der Waals surface area contributed by atoms with Crippen molar-refractivity contribution in [3.8, 4) is 0 Å². The van der Waals surface area contributed by atoms with E-state index in [1.807, 2.05) is 6.07 Å². The molecule has 0 aliphatic rings. The lowest BCUT2D eigenvalue weighted by Crippen LogP contribution is -2.48. The Morgan fingerprint density at radius 2 is 1.88 bits per heavy atom. The number of carboxylic acids is 1. The third kappa shape index (κ3) is 4.24. The van der Waals surface area contributed by atoms with Crippen LogP contribution in [0.5, 0.6) is 0 Å². The summed E-state index contributed by atoms with van der Waals surface area (Å²) in [6, 6.07) is 7.73. The molecule has 2 atom stereocenters. The van der Waals surface area contributed by atoms with E-state index in [9.17, 15) is 14.7 Å². The normalized spacial score (nSPS) is 13.8. The van der Waals surface area contributed by atoms with Gasteiger partial charge in [-0.3, -0.25) is 4.79 Å². The van der Waals surface area contributed by atoms with Crippen molar-refractivity contribution in [2.75, 3.05) is 0 Å². The number of rotatable bonds is 5. The van der Waals surface area contributed by atoms with Gasteiger partial charge in [-0.05, 0) is 5.56 Å². The highest BCUT2D eigenvalue weighted by Crippen LogP contribution is 2.06. The highest BCUT2D eigenvalue weighted by Gasteiger charge is 2.27. The number of aliphatic hydroxyl groups is 1. The molecule has 2 unspecified atom stereocenters. The Morgan fingerprint density at radius 3 is 2.35 bits per heavy atom. The molecule has 1 aromatic carbocycles. The van der Waals surface area contributed by atoms with Crippen molar-refractivity contribution >= 4 is 11.9 Å². The minimum absolute atomic E-state index is 0.179. The Bertz CT molecular complexity index is 391. The van der Waals surface area contributed by atoms with Crippen molar-refractivity contribution in [2.45, 2.75) is 25.5 Å². The van der Waals surface area contributed by atoms with Crippen molar-refractivity contribution in [1.82, 2.24) is 5.32 Å². The van der Waals surface area contributed by atoms with Gasteiger partial charge in [0.15, 0.2) is 6.04 Å². The van der Waals surface area contributed by atoms with E-state index in [1.165, 1.54) is 6.92 Å². The van der Waals surface area contributed by atoms with Crippen molar-refractivity contribution in [3.05, 3.63) is 35.9 Å². The zero-order valence-electron chi connectivity index (χ0n) is 9.46. The summed E-state index contributed by atoms with van der Waals surface area (Å²) in [5.74, 6) is -1.73. The van der Waals surface area contributed by atoms with E-state index >= 15 is 0 Å². The fraction of sp³-hybridized carbons (Fsp3) is 0.333. The van der Waals surface area contributed by atoms with Crippen LogP contribution in [-0.4, -0.2) is 34.2 Å². The van der Waals surface area contributed by atoms with Crippen molar-refractivity contribution in [3.63, 3.8) is 0 Å². The van der Waals surface area contributed by atoms with Gasteiger partial charge in [-0.2, -0.15) is 0 Å². The number of aliphatic carboxylic acids is 1. The van der Waals surface area contributed by atoms with E-state index in [-0.39, 0.29) is 6.42 Å². The number of carboxylic acid groups (broad SMARTS) is 1. The summed E-state index contributed by atoms with van der Waals surface area (Å²) in [7, 11) is 0. The number of hydrogen-bond donors (Lipinski definition) is 3. The lowest BCUT2D eigenvalue weighted by atomic mass is 10.0. The topological polar surface area (TPSA) is 86.6 Å². The van der Waals surface area contributed by atoms with Crippen LogP contribution in [0, 0.1) is 0 Å². The molecule has 0 bridgehead atoms. The average molecular weight is 237 g/mol. The summed E-state index contributed by atoms with van der Waals surface area (Å²) in [5.41, 5.74) is 0.816. The molecular weight excluding hydrogens is 222 g/mol. The first-order valence-corrected chi connectivity index (χ1v) is 5.22. The molecule has 0 saturated heterocycles. The molecule has 92 valence electrons. The standard InChI is InChI=1S/C12H15NO4/c1-8(14)13-11(12(16)17)10(15)7-9-5-3-2-4-6-9/h2-6,10-11,15H,7H2,1H3,(H,13,14)(H,16,17). The number of aliphatic hydroxyl groups excluding tert-OH is 1. The van der Waals surface area contributed by atoms with Crippen LogP contribution < -0.4 is 5.32 Å². The van der Waals surface area contributed by atoms with Crippen LogP contribution in [0.2, 0.25) is 0 Å². The maximum absolute atomic E-state index is 10.9. The molecule has 1 rings (SSSR count). The summed E-state index contributed by atoms with van der Waals surface area (Å²) in [6.45, 7) is 1.21. The maximum atomic E-state index is 10.9. The van der Waals surface area contributed by atoms with Crippen LogP contribution in [0.4, 0.5) is 0 Å². The Morgan fingerprint density at radius 1 is 1.29 bits per heavy atom. The van der Waals surface area contributed by atoms with Gasteiger partial charge in [0, 0.05) is 13.3 Å². The highest BCUT2D eigenvalue weighted by molar-refractivity contribution is 5.82. The molecule has 0 aliphatic carbocycles. The van der Waals surface area contributed by atoms with Gasteiger partial charge >= 0.3 is 5.97 Å². The van der Waals surface area contributed by atoms with E-state index in [0.717, 1.165) is 5.56 Å². The lowest BCUT2D eigenvalue weighted by Gasteiger charge is -2.19. The predicted octanol–water partition coefficient (Wildman–Crippen LogP) is 0.179. The fourth-order valence-electron chi connectivity index (χ4n) is 1.51. The second-order valence-corrected chi connectivity index (χ2v) is 3.77. The van der Waals surface area contributed by atoms with Crippen molar-refractivity contribution < 1.29 is 19.8 Å². The van der Waals surface area contributed by atoms with Crippen LogP contribution >= 0.6 is 0 Å². The molecule has 0 heterocycles. The van der Waals surface area contributed by atoms with E-state index in [1.54, 1.807) is 24.3 Å². The molecule has 1 aromatic rings. The highest BCUT2D eigenvalue weighted by atomic mass is 16.4. The summed E-state index contributed by atoms with van der Waals surface area (Å²) in [6.07, 6.45) is -0.975. The van der Waals surface area contributed by atoms with E-state index in [2.05, 4.69) is 5.32 Å². The third-order valence-electron chi connectivity index (χ3n) is 2.30. The second-order valence-electron chi connectivity index (χ2n) is 3.77. The minimum Gasteiger partial charge on any atom is -0.480 e. The molecule has 0 radical (unpaired) electrons. The van der Waals surface area contributed by atoms with Gasteiger partial charge in [-0.1, -0.05) is 30.3 Å². The minimum atomic E-state index is -1.28. The van der Waals surface area contributed by atoms with Crippen LogP contribution in [0.25, 0.3) is 0 Å². The van der Waals surface area contributed by atoms with Crippen LogP contribution in [0.15, 0.2) is 30.3 Å². The third-order valence-corrected chi connectivity index (χ3v) is 2.30. The largest absolute Gasteiger partial charge is 0.480 e. The first-order valence-electron chi connectivity index (χ1n) is 5.22. The van der Waals surface area contributed by atoms with Crippen molar-refractivity contribution in [1.29, 1.82) is 0 Å². The zero-order valence-corrected chi connectivity index (χ0v) is 9.46. The molecule has 5 nitrogen and oxygen atoms in total. The molecule has 0 spiro atoms. The molecule has 0 saturated carbocycles. The van der Waals surface area contributed by atoms with Gasteiger partial charge in [0.05, 0.1) is 6.10 Å². The number of carbonyl (C=O) groups excluding carboxylic acids is 1. The molecule has 17 heavy (non-hydrogen) atoms. The molecule has 0 aromatic heterocycles. The summed E-state index contributed by atoms with van der Waals surface area (Å²) in [5, 5.41) is 20.9. The Balaban J connectivity index is 2.68. The summed E-state index contributed by atoms with van der Waals surface area (Å²) < 4.78 is 0. The zero-order chi connectivity index (χ0) is 12.8. The number of nitrogens with one attached hydrogen (secondary N) is 1. The van der Waals surface area contributed by atoms with E-state index in [4.69, 9.17) is 5.11 Å². The van der Waals surface area contributed by atoms with E-state index < -0.39 is 24.0 Å². The van der Waals surface area contributed by atoms with Gasteiger partial charge in [0.2, 0.25) is 5.91 Å². The first kappa shape index (κ1) is 13.2. The van der Waals surface area contributed by atoms with Crippen molar-refractivity contribution in [2.24, 2.45) is 0 Å². The Hall–Kier alpha value is -1.88. The second kappa shape index (κ2) is 6.00. The fourth-order valence-corrected chi connectivity index (χ4v) is 1.51. The van der Waals surface area contributed by atoms with Gasteiger partial charge < -0.3 is 15.5 Å². The molecule has 5 heteroatoms. The Kier molecular flexibility index (Phi) is 4.66. The summed E-state index contributed by atoms with van der Waals surface area (Å²) in [4.78, 5) is 21.7. The smallest absolute Gasteiger partial charge is 0.328 e. The molecule has 0 fully saturated rings. The number of hydrogen-bond acceptors (Lipinski definition) is 3. The molecule has 1 amide bonds. The van der Waals surface area contributed by atoms with E-state index in [0.29, 0.717) is 0 Å². The monoisotopic (exact) mass is 237 g/mol. The average Bonchev–Trinajstić information content (AvgIpc) is 2.26. The number of amides is 1. The van der Waals surface area contributed by atoms with Crippen LogP contribution in [-0.2, 0) is 16.0 Å². The SMILES string of the molecule is CC(=O)NC(C(=O)O)C(O)Cc1ccccc1. The molecular formula is C12H15NO4. The lowest BCUT2D eigenvalue weighted by molar-refractivity contribution is -0.144. The van der Waals surface area contributed by atoms with Crippen LogP contribution in [0.3, 0.4) is 0 Å². The van der Waals surface area contributed by atoms with Gasteiger partial charge in [-0.25, -0.2) is 4.79 Å². The number of benzene rings is 1. The van der Waals surface area contributed by atoms with Gasteiger partial charge in [-0.15, -0.1) is 0 Å². The molecule has 3 N–H and O–H groups in total. The molecule has 0 aliphatic heterocycles. The van der Waals surface area contributed by atoms with Gasteiger partial charge in [0.25, 0.3) is 0 Å². The first-order chi connectivity index (χ1) is 8.00. The van der Waals surface area contributed by atoms with Gasteiger partial charge in [0.1, 0.15) is 0 Å². The maximum Gasteiger partial charge on any atom is 0.328 e. The Labute approximate surface area is 99.1 Å². The predicted molar refractivity (Wildman–Crippen MR) is 61.4 cm³/mol.